The lowest BCUT2D eigenvalue weighted by molar-refractivity contribution is -0.132. The smallest absolute Gasteiger partial charge is 0.322 e. The molecule has 148 valence electrons. The second-order valence-corrected chi connectivity index (χ2v) is 8.52. The Morgan fingerprint density at radius 2 is 2.00 bits per heavy atom. The van der Waals surface area contributed by atoms with Gasteiger partial charge in [0, 0.05) is 16.3 Å². The maximum absolute atomic E-state index is 12.8. The molecule has 9 heteroatoms. The number of rotatable bonds is 6. The van der Waals surface area contributed by atoms with Crippen molar-refractivity contribution >= 4 is 40.5 Å². The first-order valence-electron chi connectivity index (χ1n) is 8.96. The Kier molecular flexibility index (Phi) is 5.16. The van der Waals surface area contributed by atoms with Gasteiger partial charge >= 0.3 is 6.03 Å². The minimum atomic E-state index is -1.08. The average molecular weight is 427 g/mol. The third-order valence-corrected chi connectivity index (χ3v) is 6.31. The van der Waals surface area contributed by atoms with Gasteiger partial charge in [0.1, 0.15) is 16.2 Å². The molecule has 4 rings (SSSR count). The lowest BCUT2D eigenvalue weighted by Gasteiger charge is -2.21. The van der Waals surface area contributed by atoms with Crippen LogP contribution in [0.2, 0.25) is 0 Å². The van der Waals surface area contributed by atoms with Gasteiger partial charge in [-0.3, -0.25) is 15.0 Å². The molecule has 4 amide bonds. The molecule has 1 aliphatic heterocycles. The van der Waals surface area contributed by atoms with Crippen molar-refractivity contribution in [3.8, 4) is 10.6 Å². The van der Waals surface area contributed by atoms with Gasteiger partial charge in [0.05, 0.1) is 0 Å². The lowest BCUT2D eigenvalue weighted by Crippen LogP contribution is -2.49. The summed E-state index contributed by atoms with van der Waals surface area (Å²) in [6.07, 6.45) is 1.05. The first-order valence-corrected chi connectivity index (χ1v) is 10.8. The zero-order valence-electron chi connectivity index (χ0n) is 15.5. The van der Waals surface area contributed by atoms with Gasteiger partial charge in [-0.25, -0.2) is 9.78 Å². The summed E-state index contributed by atoms with van der Waals surface area (Å²) < 4.78 is 0. The Morgan fingerprint density at radius 3 is 2.72 bits per heavy atom. The van der Waals surface area contributed by atoms with Crippen LogP contribution >= 0.6 is 22.7 Å². The molecular formula is C20H18N4O3S2. The van der Waals surface area contributed by atoms with Gasteiger partial charge in [0.2, 0.25) is 0 Å². The first kappa shape index (κ1) is 19.3. The van der Waals surface area contributed by atoms with E-state index >= 15 is 0 Å². The predicted molar refractivity (Wildman–Crippen MR) is 111 cm³/mol. The molecule has 1 fully saturated rings. The number of thiophene rings is 1. The van der Waals surface area contributed by atoms with Crippen LogP contribution in [0.1, 0.15) is 29.4 Å². The summed E-state index contributed by atoms with van der Waals surface area (Å²) in [5.74, 6) is -1.08. The van der Waals surface area contributed by atoms with Crippen molar-refractivity contribution in [2.75, 3.05) is 0 Å². The zero-order chi connectivity index (χ0) is 20.4. The number of aromatic nitrogens is 1. The maximum Gasteiger partial charge on any atom is 0.344 e. The molecule has 0 bridgehead atoms. The van der Waals surface area contributed by atoms with Crippen LogP contribution < -0.4 is 10.7 Å². The van der Waals surface area contributed by atoms with Crippen molar-refractivity contribution < 1.29 is 14.4 Å². The van der Waals surface area contributed by atoms with Gasteiger partial charge in [-0.05, 0) is 36.8 Å². The van der Waals surface area contributed by atoms with Crippen LogP contribution in [0.5, 0.6) is 0 Å². The van der Waals surface area contributed by atoms with E-state index in [9.17, 15) is 14.4 Å². The highest BCUT2D eigenvalue weighted by atomic mass is 32.1. The molecule has 2 N–H and O–H groups in total. The van der Waals surface area contributed by atoms with Crippen LogP contribution in [-0.4, -0.2) is 33.4 Å². The van der Waals surface area contributed by atoms with E-state index in [0.29, 0.717) is 17.8 Å². The maximum atomic E-state index is 12.8. The second kappa shape index (κ2) is 7.76. The summed E-state index contributed by atoms with van der Waals surface area (Å²) in [5.41, 5.74) is 3.47. The number of hydrogen-bond donors (Lipinski definition) is 2. The molecule has 1 atom stereocenters. The molecular weight excluding hydrogens is 408 g/mol. The number of nitrogens with zero attached hydrogens (tertiary/aromatic N) is 2. The summed E-state index contributed by atoms with van der Waals surface area (Å²) in [6, 6.07) is 11.0. The van der Waals surface area contributed by atoms with Crippen LogP contribution in [0.4, 0.5) is 4.79 Å². The molecule has 0 unspecified atom stereocenters. The fourth-order valence-corrected chi connectivity index (χ4v) is 4.56. The van der Waals surface area contributed by atoms with Gasteiger partial charge in [-0.15, -0.1) is 11.3 Å². The third kappa shape index (κ3) is 3.92. The number of amides is 4. The molecule has 2 aromatic heterocycles. The predicted octanol–water partition coefficient (Wildman–Crippen LogP) is 3.46. The lowest BCUT2D eigenvalue weighted by atomic mass is 9.93. The molecule has 7 nitrogen and oxygen atoms in total. The highest BCUT2D eigenvalue weighted by molar-refractivity contribution is 7.14. The van der Waals surface area contributed by atoms with Gasteiger partial charge in [-0.1, -0.05) is 30.3 Å². The fraction of sp³-hybridized carbons (Fsp3) is 0.200. The Labute approximate surface area is 175 Å². The Hall–Kier alpha value is -3.04. The molecule has 0 saturated carbocycles. The van der Waals surface area contributed by atoms with Crippen molar-refractivity contribution in [2.24, 2.45) is 0 Å². The zero-order valence-corrected chi connectivity index (χ0v) is 17.2. The quantitative estimate of drug-likeness (QED) is 0.591. The summed E-state index contributed by atoms with van der Waals surface area (Å²) in [4.78, 5) is 42.0. The number of urea groups is 1. The molecule has 0 spiro atoms. The van der Waals surface area contributed by atoms with Crippen molar-refractivity contribution in [1.29, 1.82) is 0 Å². The Balaban J connectivity index is 1.43. The van der Waals surface area contributed by atoms with Gasteiger partial charge < -0.3 is 5.32 Å². The molecule has 3 heterocycles. The number of carbonyl (C=O) groups excluding carboxylic acids is 3. The van der Waals surface area contributed by atoms with Crippen molar-refractivity contribution in [1.82, 2.24) is 20.7 Å². The number of hydrogen-bond acceptors (Lipinski definition) is 6. The van der Waals surface area contributed by atoms with E-state index in [1.165, 1.54) is 11.3 Å². The van der Waals surface area contributed by atoms with E-state index in [1.54, 1.807) is 23.6 Å². The van der Waals surface area contributed by atoms with Crippen molar-refractivity contribution in [2.45, 2.75) is 25.3 Å². The van der Waals surface area contributed by atoms with E-state index in [0.717, 1.165) is 16.1 Å². The van der Waals surface area contributed by atoms with E-state index < -0.39 is 23.4 Å². The number of imide groups is 1. The SMILES string of the molecule is C[C@]1(CCc2ccccc2)NC(=O)N(NC(=O)c2csc(-c3ccsc3)n2)C1=O. The minimum Gasteiger partial charge on any atom is -0.322 e. The van der Waals surface area contributed by atoms with E-state index in [-0.39, 0.29) is 5.69 Å². The number of benzene rings is 1. The standard InChI is InChI=1S/C20H18N4O3S2/c1-20(9-7-13-5-3-2-4-6-13)18(26)24(19(27)22-20)23-16(25)15-12-29-17(21-15)14-8-10-28-11-14/h2-6,8,10-12H,7,9H2,1H3,(H,22,27)(H,23,25)/t20-/m1/s1. The molecule has 1 aliphatic rings. The number of thiazole rings is 1. The van der Waals surface area contributed by atoms with Gasteiger partial charge in [-0.2, -0.15) is 16.3 Å². The highest BCUT2D eigenvalue weighted by Crippen LogP contribution is 2.26. The molecule has 1 aromatic carbocycles. The number of aryl methyl sites for hydroxylation is 1. The second-order valence-electron chi connectivity index (χ2n) is 6.88. The highest BCUT2D eigenvalue weighted by Gasteiger charge is 2.48. The summed E-state index contributed by atoms with van der Waals surface area (Å²) in [7, 11) is 0. The topological polar surface area (TPSA) is 91.4 Å². The monoisotopic (exact) mass is 426 g/mol. The van der Waals surface area contributed by atoms with Crippen LogP contribution in [-0.2, 0) is 11.2 Å². The van der Waals surface area contributed by atoms with Crippen molar-refractivity contribution in [3.05, 3.63) is 63.8 Å². The van der Waals surface area contributed by atoms with E-state index in [1.807, 2.05) is 47.2 Å². The third-order valence-electron chi connectivity index (χ3n) is 4.74. The first-order chi connectivity index (χ1) is 14.0. The van der Waals surface area contributed by atoms with Crippen LogP contribution in [0.25, 0.3) is 10.6 Å². The Bertz CT molecular complexity index is 1050. The van der Waals surface area contributed by atoms with E-state index in [4.69, 9.17) is 0 Å². The largest absolute Gasteiger partial charge is 0.344 e. The fourth-order valence-electron chi connectivity index (χ4n) is 3.05. The number of nitrogens with one attached hydrogen (secondary N) is 2. The van der Waals surface area contributed by atoms with Gasteiger partial charge in [0.15, 0.2) is 0 Å². The average Bonchev–Trinajstić information content (AvgIpc) is 3.45. The summed E-state index contributed by atoms with van der Waals surface area (Å²) in [6.45, 7) is 1.67. The Morgan fingerprint density at radius 1 is 1.21 bits per heavy atom. The molecule has 0 aliphatic carbocycles. The number of hydrazine groups is 1. The van der Waals surface area contributed by atoms with E-state index in [2.05, 4.69) is 15.7 Å². The summed E-state index contributed by atoms with van der Waals surface area (Å²) in [5, 5.41) is 9.63. The van der Waals surface area contributed by atoms with Crippen molar-refractivity contribution in [3.63, 3.8) is 0 Å². The van der Waals surface area contributed by atoms with Crippen LogP contribution in [0.15, 0.2) is 52.5 Å². The van der Waals surface area contributed by atoms with Crippen LogP contribution in [0.3, 0.4) is 0 Å². The number of carbonyl (C=O) groups is 3. The van der Waals surface area contributed by atoms with Crippen LogP contribution in [0, 0.1) is 0 Å². The summed E-state index contributed by atoms with van der Waals surface area (Å²) >= 11 is 2.87. The molecule has 3 aromatic rings. The molecule has 1 saturated heterocycles. The minimum absolute atomic E-state index is 0.162. The molecule has 29 heavy (non-hydrogen) atoms. The van der Waals surface area contributed by atoms with Gasteiger partial charge in [0.25, 0.3) is 11.8 Å². The normalized spacial score (nSPS) is 18.7. The molecule has 0 radical (unpaired) electrons.